The largest absolute Gasteiger partial charge is 0.322 e. The van der Waals surface area contributed by atoms with Crippen molar-refractivity contribution >= 4 is 28.9 Å². The Balaban J connectivity index is 1.63. The molecular formula is C20H18ClN5O3. The third kappa shape index (κ3) is 3.97. The highest BCUT2D eigenvalue weighted by atomic mass is 35.5. The zero-order valence-corrected chi connectivity index (χ0v) is 16.2. The molecule has 2 aromatic carbocycles. The lowest BCUT2D eigenvalue weighted by Gasteiger charge is -2.11. The van der Waals surface area contributed by atoms with Gasteiger partial charge in [-0.05, 0) is 37.1 Å². The van der Waals surface area contributed by atoms with E-state index in [0.717, 1.165) is 38.1 Å². The van der Waals surface area contributed by atoms with Gasteiger partial charge in [0.25, 0.3) is 11.6 Å². The average Bonchev–Trinajstić information content (AvgIpc) is 2.97. The van der Waals surface area contributed by atoms with Gasteiger partial charge < -0.3 is 9.88 Å². The van der Waals surface area contributed by atoms with Crippen molar-refractivity contribution in [2.24, 2.45) is 0 Å². The van der Waals surface area contributed by atoms with Crippen LogP contribution >= 0.6 is 11.6 Å². The fraction of sp³-hybridized carbons (Fsp3) is 0.250. The molecule has 3 aromatic rings. The Bertz CT molecular complexity index is 1100. The maximum atomic E-state index is 12.5. The van der Waals surface area contributed by atoms with E-state index in [2.05, 4.69) is 20.1 Å². The van der Waals surface area contributed by atoms with E-state index >= 15 is 0 Å². The summed E-state index contributed by atoms with van der Waals surface area (Å²) in [6.07, 6.45) is 4.17. The number of nitrogens with one attached hydrogen (secondary N) is 1. The van der Waals surface area contributed by atoms with Crippen LogP contribution in [0.25, 0.3) is 11.4 Å². The van der Waals surface area contributed by atoms with Crippen LogP contribution in [-0.2, 0) is 13.0 Å². The number of benzene rings is 2. The molecule has 0 saturated heterocycles. The minimum atomic E-state index is -0.534. The van der Waals surface area contributed by atoms with Gasteiger partial charge in [0.15, 0.2) is 5.82 Å². The second-order valence-corrected chi connectivity index (χ2v) is 7.27. The highest BCUT2D eigenvalue weighted by Gasteiger charge is 2.19. The number of hydrogen-bond acceptors (Lipinski definition) is 5. The van der Waals surface area contributed by atoms with Crippen molar-refractivity contribution in [3.05, 3.63) is 69.0 Å². The second-order valence-electron chi connectivity index (χ2n) is 6.86. The summed E-state index contributed by atoms with van der Waals surface area (Å²) in [5.41, 5.74) is 1.27. The molecule has 148 valence electrons. The van der Waals surface area contributed by atoms with Gasteiger partial charge in [0.05, 0.1) is 9.95 Å². The highest BCUT2D eigenvalue weighted by Crippen LogP contribution is 2.31. The number of anilines is 1. The number of amides is 1. The topological polar surface area (TPSA) is 103 Å². The Morgan fingerprint density at radius 2 is 2.00 bits per heavy atom. The summed E-state index contributed by atoms with van der Waals surface area (Å²) in [5.74, 6) is 1.18. The number of fused-ring (bicyclic) bond motifs is 1. The number of non-ortho nitro benzene ring substituents is 1. The van der Waals surface area contributed by atoms with E-state index in [9.17, 15) is 14.9 Å². The summed E-state index contributed by atoms with van der Waals surface area (Å²) in [6.45, 7) is 0.832. The summed E-state index contributed by atoms with van der Waals surface area (Å²) in [4.78, 5) is 22.9. The Labute approximate surface area is 171 Å². The molecule has 29 heavy (non-hydrogen) atoms. The molecule has 0 radical (unpaired) electrons. The Morgan fingerprint density at radius 1 is 1.14 bits per heavy atom. The predicted molar refractivity (Wildman–Crippen MR) is 109 cm³/mol. The van der Waals surface area contributed by atoms with Crippen molar-refractivity contribution in [1.82, 2.24) is 14.8 Å². The van der Waals surface area contributed by atoms with Gasteiger partial charge >= 0.3 is 0 Å². The molecule has 0 unspecified atom stereocenters. The van der Waals surface area contributed by atoms with Crippen molar-refractivity contribution in [2.45, 2.75) is 32.2 Å². The molecule has 2 heterocycles. The van der Waals surface area contributed by atoms with Crippen LogP contribution in [0.2, 0.25) is 5.02 Å². The lowest BCUT2D eigenvalue weighted by atomic mass is 10.1. The number of carbonyl (C=O) groups is 1. The fourth-order valence-corrected chi connectivity index (χ4v) is 3.62. The van der Waals surface area contributed by atoms with Crippen molar-refractivity contribution in [3.8, 4) is 11.4 Å². The van der Waals surface area contributed by atoms with Gasteiger partial charge in [-0.2, -0.15) is 0 Å². The molecule has 1 amide bonds. The SMILES string of the molecule is O=C(Nc1ccc(Cl)c(-c2nnc3n2CCCCC3)c1)c1cccc([N+](=O)[O-])c1. The number of rotatable bonds is 4. The van der Waals surface area contributed by atoms with E-state index in [-0.39, 0.29) is 11.3 Å². The lowest BCUT2D eigenvalue weighted by Crippen LogP contribution is -2.12. The summed E-state index contributed by atoms with van der Waals surface area (Å²) in [6, 6.07) is 10.7. The molecule has 1 aromatic heterocycles. The van der Waals surface area contributed by atoms with E-state index in [0.29, 0.717) is 22.1 Å². The number of nitro groups is 1. The standard InChI is InChI=1S/C20H18ClN5O3/c21-17-9-8-14(22-20(27)13-5-4-6-15(11-13)26(28)29)12-16(17)19-24-23-18-7-2-1-3-10-25(18)19/h4-6,8-9,11-12H,1-3,7,10H2,(H,22,27). The minimum absolute atomic E-state index is 0.138. The van der Waals surface area contributed by atoms with Crippen LogP contribution in [0.5, 0.6) is 0 Å². The zero-order chi connectivity index (χ0) is 20.4. The van der Waals surface area contributed by atoms with Gasteiger partial charge in [0.2, 0.25) is 0 Å². The summed E-state index contributed by atoms with van der Waals surface area (Å²) in [7, 11) is 0. The highest BCUT2D eigenvalue weighted by molar-refractivity contribution is 6.33. The molecule has 0 atom stereocenters. The molecule has 1 aliphatic rings. The van der Waals surface area contributed by atoms with Gasteiger partial charge in [0, 0.05) is 41.9 Å². The third-order valence-electron chi connectivity index (χ3n) is 4.89. The Kier molecular flexibility index (Phi) is 5.26. The first-order chi connectivity index (χ1) is 14.0. The molecular weight excluding hydrogens is 394 g/mol. The minimum Gasteiger partial charge on any atom is -0.322 e. The van der Waals surface area contributed by atoms with Gasteiger partial charge in [-0.25, -0.2) is 0 Å². The van der Waals surface area contributed by atoms with Crippen molar-refractivity contribution in [2.75, 3.05) is 5.32 Å². The maximum Gasteiger partial charge on any atom is 0.270 e. The van der Waals surface area contributed by atoms with Crippen LogP contribution in [0.15, 0.2) is 42.5 Å². The normalized spacial score (nSPS) is 13.4. The summed E-state index contributed by atoms with van der Waals surface area (Å²) in [5, 5.41) is 22.8. The number of nitro benzene ring substituents is 1. The first-order valence-corrected chi connectivity index (χ1v) is 9.68. The second kappa shape index (κ2) is 8.00. The molecule has 0 aliphatic carbocycles. The number of carbonyl (C=O) groups excluding carboxylic acids is 1. The molecule has 8 nitrogen and oxygen atoms in total. The monoisotopic (exact) mass is 411 g/mol. The predicted octanol–water partition coefficient (Wildman–Crippen LogP) is 4.49. The summed E-state index contributed by atoms with van der Waals surface area (Å²) < 4.78 is 2.08. The van der Waals surface area contributed by atoms with Gasteiger partial charge in [0.1, 0.15) is 5.82 Å². The van der Waals surface area contributed by atoms with Crippen LogP contribution in [0.1, 0.15) is 35.4 Å². The van der Waals surface area contributed by atoms with Gasteiger partial charge in [-0.1, -0.05) is 24.1 Å². The molecule has 1 N–H and O–H groups in total. The number of halogens is 1. The van der Waals surface area contributed by atoms with Crippen LogP contribution in [-0.4, -0.2) is 25.6 Å². The maximum absolute atomic E-state index is 12.5. The van der Waals surface area contributed by atoms with E-state index in [1.54, 1.807) is 18.2 Å². The molecule has 0 bridgehead atoms. The molecule has 4 rings (SSSR count). The molecule has 0 saturated carbocycles. The van der Waals surface area contributed by atoms with Crippen molar-refractivity contribution in [1.29, 1.82) is 0 Å². The first kappa shape index (κ1) is 19.1. The fourth-order valence-electron chi connectivity index (χ4n) is 3.42. The van der Waals surface area contributed by atoms with Crippen LogP contribution in [0, 0.1) is 10.1 Å². The first-order valence-electron chi connectivity index (χ1n) is 9.31. The lowest BCUT2D eigenvalue weighted by molar-refractivity contribution is -0.384. The van der Waals surface area contributed by atoms with Crippen LogP contribution in [0.3, 0.4) is 0 Å². The number of aryl methyl sites for hydroxylation is 1. The zero-order valence-electron chi connectivity index (χ0n) is 15.5. The number of hydrogen-bond donors (Lipinski definition) is 1. The number of nitrogens with zero attached hydrogens (tertiary/aromatic N) is 4. The molecule has 0 spiro atoms. The summed E-state index contributed by atoms with van der Waals surface area (Å²) >= 11 is 6.41. The third-order valence-corrected chi connectivity index (χ3v) is 5.22. The van der Waals surface area contributed by atoms with Gasteiger partial charge in [-0.3, -0.25) is 14.9 Å². The van der Waals surface area contributed by atoms with Gasteiger partial charge in [-0.15, -0.1) is 10.2 Å². The smallest absolute Gasteiger partial charge is 0.270 e. The quantitative estimate of drug-likeness (QED) is 0.503. The van der Waals surface area contributed by atoms with E-state index in [1.807, 2.05) is 0 Å². The Hall–Kier alpha value is -3.26. The van der Waals surface area contributed by atoms with Crippen molar-refractivity contribution in [3.63, 3.8) is 0 Å². The number of aromatic nitrogens is 3. The molecule has 9 heteroatoms. The Morgan fingerprint density at radius 3 is 2.83 bits per heavy atom. The molecule has 1 aliphatic heterocycles. The van der Waals surface area contributed by atoms with E-state index in [1.165, 1.54) is 24.3 Å². The van der Waals surface area contributed by atoms with E-state index < -0.39 is 10.8 Å². The van der Waals surface area contributed by atoms with Crippen LogP contribution in [0.4, 0.5) is 11.4 Å². The molecule has 0 fully saturated rings. The van der Waals surface area contributed by atoms with E-state index in [4.69, 9.17) is 11.6 Å². The van der Waals surface area contributed by atoms with Crippen molar-refractivity contribution < 1.29 is 9.72 Å². The average molecular weight is 412 g/mol. The van der Waals surface area contributed by atoms with Crippen LogP contribution < -0.4 is 5.32 Å².